The number of rotatable bonds is 2. The van der Waals surface area contributed by atoms with E-state index in [4.69, 9.17) is 0 Å². The van der Waals surface area contributed by atoms with Gasteiger partial charge in [0.1, 0.15) is 0 Å². The fraction of sp³-hybridized carbons (Fsp3) is 1.00. The Morgan fingerprint density at radius 2 is 2.08 bits per heavy atom. The van der Waals surface area contributed by atoms with Crippen LogP contribution in [0, 0.1) is 17.8 Å². The minimum atomic E-state index is -1.81. The zero-order valence-corrected chi connectivity index (χ0v) is 10.3. The summed E-state index contributed by atoms with van der Waals surface area (Å²) in [6, 6.07) is 0. The molecule has 2 aliphatic carbocycles. The van der Waals surface area contributed by atoms with Gasteiger partial charge in [0.05, 0.1) is 0 Å². The summed E-state index contributed by atoms with van der Waals surface area (Å²) in [5.41, 5.74) is 0. The van der Waals surface area contributed by atoms with Crippen molar-refractivity contribution in [3.05, 3.63) is 0 Å². The maximum Gasteiger partial charge on any atom is 1.00 e. The SMILES string of the molecule is O=S([O-])CC1CC2CCC1C2.[Na+]. The van der Waals surface area contributed by atoms with Crippen molar-refractivity contribution in [3.8, 4) is 0 Å². The third-order valence-corrected chi connectivity index (χ3v) is 3.94. The van der Waals surface area contributed by atoms with E-state index in [9.17, 15) is 8.76 Å². The molecule has 2 nitrogen and oxygen atoms in total. The van der Waals surface area contributed by atoms with Crippen LogP contribution in [0.4, 0.5) is 0 Å². The first-order valence-electron chi connectivity index (χ1n) is 4.31. The van der Waals surface area contributed by atoms with Gasteiger partial charge in [-0.3, -0.25) is 4.21 Å². The van der Waals surface area contributed by atoms with E-state index >= 15 is 0 Å². The second-order valence-electron chi connectivity index (χ2n) is 3.91. The standard InChI is InChI=1S/C8H14O2S.Na/c9-11(10)5-8-4-6-1-2-7(8)3-6;/h6-8H,1-5H2,(H,9,10);/q;+1/p-1. The number of hydrogen-bond acceptors (Lipinski definition) is 2. The van der Waals surface area contributed by atoms with E-state index < -0.39 is 11.1 Å². The third kappa shape index (κ3) is 2.32. The van der Waals surface area contributed by atoms with E-state index in [1.807, 2.05) is 0 Å². The smallest absolute Gasteiger partial charge is 0.772 e. The molecule has 4 heteroatoms. The van der Waals surface area contributed by atoms with Gasteiger partial charge in [-0.1, -0.05) is 17.5 Å². The molecule has 12 heavy (non-hydrogen) atoms. The summed E-state index contributed by atoms with van der Waals surface area (Å²) in [6.07, 6.45) is 5.12. The molecule has 2 aliphatic rings. The number of hydrogen-bond donors (Lipinski definition) is 0. The van der Waals surface area contributed by atoms with Crippen LogP contribution in [-0.4, -0.2) is 14.5 Å². The number of fused-ring (bicyclic) bond motifs is 2. The molecule has 0 aromatic rings. The minimum absolute atomic E-state index is 0. The normalized spacial score (nSPS) is 40.9. The predicted octanol–water partition coefficient (Wildman–Crippen LogP) is -1.69. The first-order chi connectivity index (χ1) is 5.25. The van der Waals surface area contributed by atoms with Crippen LogP contribution in [0.3, 0.4) is 0 Å². The summed E-state index contributed by atoms with van der Waals surface area (Å²) in [5, 5.41) is 0. The summed E-state index contributed by atoms with van der Waals surface area (Å²) >= 11 is -1.81. The van der Waals surface area contributed by atoms with E-state index in [0.717, 1.165) is 11.8 Å². The van der Waals surface area contributed by atoms with E-state index in [2.05, 4.69) is 0 Å². The Bertz CT molecular complexity index is 186. The molecule has 0 amide bonds. The zero-order chi connectivity index (χ0) is 7.84. The molecule has 2 bridgehead atoms. The molecule has 4 unspecified atom stereocenters. The van der Waals surface area contributed by atoms with Crippen LogP contribution in [0.25, 0.3) is 0 Å². The third-order valence-electron chi connectivity index (χ3n) is 3.23. The molecule has 0 aromatic heterocycles. The van der Waals surface area contributed by atoms with Gasteiger partial charge in [-0.25, -0.2) is 0 Å². The molecule has 2 fully saturated rings. The van der Waals surface area contributed by atoms with Crippen LogP contribution < -0.4 is 29.6 Å². The fourth-order valence-electron chi connectivity index (χ4n) is 2.76. The molecular formula is C8H13NaO2S. The largest absolute Gasteiger partial charge is 1.00 e. The average Bonchev–Trinajstić information content (AvgIpc) is 2.45. The van der Waals surface area contributed by atoms with Crippen LogP contribution >= 0.6 is 0 Å². The Morgan fingerprint density at radius 3 is 2.50 bits per heavy atom. The van der Waals surface area contributed by atoms with Gasteiger partial charge in [-0.15, -0.1) is 0 Å². The quantitative estimate of drug-likeness (QED) is 0.390. The van der Waals surface area contributed by atoms with Crippen molar-refractivity contribution in [1.29, 1.82) is 0 Å². The molecule has 2 saturated carbocycles. The van der Waals surface area contributed by atoms with Gasteiger partial charge in [0.15, 0.2) is 0 Å². The van der Waals surface area contributed by atoms with E-state index in [-0.39, 0.29) is 29.6 Å². The van der Waals surface area contributed by atoms with Gasteiger partial charge in [0.25, 0.3) is 0 Å². The Balaban J connectivity index is 0.000000720. The van der Waals surface area contributed by atoms with Gasteiger partial charge >= 0.3 is 29.6 Å². The van der Waals surface area contributed by atoms with Crippen molar-refractivity contribution < 1.29 is 38.3 Å². The summed E-state index contributed by atoms with van der Waals surface area (Å²) in [4.78, 5) is 0. The Hall–Kier alpha value is 1.11. The summed E-state index contributed by atoms with van der Waals surface area (Å²) < 4.78 is 20.9. The van der Waals surface area contributed by atoms with Gasteiger partial charge < -0.3 is 4.55 Å². The van der Waals surface area contributed by atoms with Crippen LogP contribution in [0.5, 0.6) is 0 Å². The first-order valence-corrected chi connectivity index (χ1v) is 5.56. The second-order valence-corrected chi connectivity index (χ2v) is 4.85. The van der Waals surface area contributed by atoms with Gasteiger partial charge in [-0.2, -0.15) is 0 Å². The topological polar surface area (TPSA) is 40.1 Å². The van der Waals surface area contributed by atoms with Crippen LogP contribution in [0.2, 0.25) is 0 Å². The molecular weight excluding hydrogens is 183 g/mol. The Morgan fingerprint density at radius 1 is 1.33 bits per heavy atom. The molecule has 0 N–H and O–H groups in total. The molecule has 0 saturated heterocycles. The molecule has 0 aliphatic heterocycles. The van der Waals surface area contributed by atoms with Crippen molar-refractivity contribution in [2.75, 3.05) is 5.75 Å². The van der Waals surface area contributed by atoms with Crippen molar-refractivity contribution in [1.82, 2.24) is 0 Å². The van der Waals surface area contributed by atoms with Crippen molar-refractivity contribution in [2.24, 2.45) is 17.8 Å². The molecule has 0 spiro atoms. The minimum Gasteiger partial charge on any atom is -0.772 e. The van der Waals surface area contributed by atoms with Crippen molar-refractivity contribution >= 4 is 11.1 Å². The van der Waals surface area contributed by atoms with Crippen molar-refractivity contribution in [3.63, 3.8) is 0 Å². The predicted molar refractivity (Wildman–Crippen MR) is 42.7 cm³/mol. The average molecular weight is 196 g/mol. The summed E-state index contributed by atoms with van der Waals surface area (Å²) in [7, 11) is 0. The van der Waals surface area contributed by atoms with Crippen LogP contribution in [0.15, 0.2) is 0 Å². The molecule has 0 radical (unpaired) electrons. The fourth-order valence-corrected chi connectivity index (χ4v) is 3.51. The van der Waals surface area contributed by atoms with E-state index in [1.54, 1.807) is 0 Å². The van der Waals surface area contributed by atoms with E-state index in [1.165, 1.54) is 25.7 Å². The zero-order valence-electron chi connectivity index (χ0n) is 7.49. The maximum atomic E-state index is 10.4. The first kappa shape index (κ1) is 11.2. The van der Waals surface area contributed by atoms with Gasteiger partial charge in [0, 0.05) is 5.75 Å². The molecule has 4 atom stereocenters. The molecule has 64 valence electrons. The Labute approximate surface area is 98.1 Å². The Kier molecular flexibility index (Phi) is 4.25. The van der Waals surface area contributed by atoms with Gasteiger partial charge in [0.2, 0.25) is 0 Å². The second kappa shape index (κ2) is 4.56. The summed E-state index contributed by atoms with van der Waals surface area (Å²) in [5.74, 6) is 2.54. The maximum absolute atomic E-state index is 10.4. The van der Waals surface area contributed by atoms with Crippen molar-refractivity contribution in [2.45, 2.75) is 25.7 Å². The molecule has 2 rings (SSSR count). The van der Waals surface area contributed by atoms with Crippen LogP contribution in [0.1, 0.15) is 25.7 Å². The van der Waals surface area contributed by atoms with E-state index in [0.29, 0.717) is 11.7 Å². The van der Waals surface area contributed by atoms with Gasteiger partial charge in [-0.05, 0) is 37.0 Å². The molecule has 0 aromatic carbocycles. The van der Waals surface area contributed by atoms with Crippen LogP contribution in [-0.2, 0) is 11.1 Å². The molecule has 0 heterocycles. The summed E-state index contributed by atoms with van der Waals surface area (Å²) in [6.45, 7) is 0. The monoisotopic (exact) mass is 196 g/mol.